The number of alkyl halides is 2. The molecule has 0 bridgehead atoms. The maximum Gasteiger partial charge on any atom is 0.269 e. The van der Waals surface area contributed by atoms with Gasteiger partial charge in [-0.05, 0) is 48.9 Å². The zero-order valence-electron chi connectivity index (χ0n) is 20.6. The van der Waals surface area contributed by atoms with E-state index in [0.717, 1.165) is 11.5 Å². The average molecular weight is 562 g/mol. The minimum absolute atomic E-state index is 0. The van der Waals surface area contributed by atoms with Crippen LogP contribution in [0.2, 0.25) is 0 Å². The molecule has 3 rings (SSSR count). The number of hydrogen-bond acceptors (Lipinski definition) is 10. The molecule has 0 amide bonds. The highest BCUT2D eigenvalue weighted by atomic mass is 32.2. The van der Waals surface area contributed by atoms with Gasteiger partial charge in [-0.1, -0.05) is 0 Å². The van der Waals surface area contributed by atoms with Gasteiger partial charge in [0.15, 0.2) is 48.2 Å². The number of aliphatic hydroxyl groups is 1. The fourth-order valence-corrected chi connectivity index (χ4v) is 2.16. The van der Waals surface area contributed by atoms with E-state index in [1.807, 2.05) is 12.3 Å². The van der Waals surface area contributed by atoms with Crippen molar-refractivity contribution < 1.29 is 55.7 Å². The third-order valence-corrected chi connectivity index (χ3v) is 3.82. The number of thioether (sulfide) groups is 2. The van der Waals surface area contributed by atoms with Crippen molar-refractivity contribution in [2.45, 2.75) is 12.4 Å². The largest absolute Gasteiger partial charge is 0.457 e. The first-order chi connectivity index (χ1) is 17.5. The lowest BCUT2D eigenvalue weighted by Gasteiger charge is -1.87. The van der Waals surface area contributed by atoms with Gasteiger partial charge in [0.05, 0.1) is 12.9 Å². The summed E-state index contributed by atoms with van der Waals surface area (Å²) >= 11 is 2.86. The summed E-state index contributed by atoms with van der Waals surface area (Å²) in [7, 11) is 0.500. The molecule has 8 nitrogen and oxygen atoms in total. The van der Waals surface area contributed by atoms with Crippen molar-refractivity contribution in [1.29, 1.82) is 1.45 Å². The first kappa shape index (κ1) is 37.4. The normalized spacial score (nSPS) is 8.47. The van der Waals surface area contributed by atoms with Gasteiger partial charge in [0.2, 0.25) is 0 Å². The minimum Gasteiger partial charge on any atom is -0.457 e. The number of hydrogen-bond donors (Lipinski definition) is 1. The summed E-state index contributed by atoms with van der Waals surface area (Å²) in [5.41, 5.74) is 0. The fraction of sp³-hybridized carbons (Fsp3) is 0.273. The molecule has 0 unspecified atom stereocenters. The van der Waals surface area contributed by atoms with Gasteiger partial charge < -0.3 is 18.4 Å². The maximum absolute atomic E-state index is 10.7. The SMILES string of the molecule is CF.CSCF.CSCc1ccc(C=O)o1.F.O=Cc1ccc(C=O)o1.O=Cc1ccc(CO)o1.[2H]F. The standard InChI is InChI=1S/C7H8O2S.C6H6O3.C6H4O3.C2H5FS.CH3F.2FH/c1-10-5-7-3-2-6(4-8)9-7;2*7-3-5-1-2-6(4-8)9-5;1-4-2-3;1-2;;/h2-4H,5H2,1H3;1-3,8H,4H2;1-4H;2H2,1H3;1H3;2*1H/i/hD. The van der Waals surface area contributed by atoms with Crippen molar-refractivity contribution in [1.82, 2.24) is 0 Å². The van der Waals surface area contributed by atoms with Crippen LogP contribution >= 0.6 is 23.5 Å². The Morgan fingerprint density at radius 2 is 1.08 bits per heavy atom. The van der Waals surface area contributed by atoms with Crippen molar-refractivity contribution in [3.05, 3.63) is 71.0 Å². The van der Waals surface area contributed by atoms with Crippen molar-refractivity contribution in [2.75, 3.05) is 25.7 Å². The topological polar surface area (TPSA) is 128 Å². The monoisotopic (exact) mass is 561 g/mol. The second-order valence-corrected chi connectivity index (χ2v) is 6.97. The molecule has 14 heteroatoms. The number of rotatable bonds is 8. The molecular weight excluding hydrogens is 532 g/mol. The smallest absolute Gasteiger partial charge is 0.269 e. The van der Waals surface area contributed by atoms with Crippen LogP contribution in [0.5, 0.6) is 0 Å². The van der Waals surface area contributed by atoms with Crippen molar-refractivity contribution in [2.24, 2.45) is 0 Å². The number of carbonyl (C=O) groups excluding carboxylic acids is 4. The summed E-state index contributed by atoms with van der Waals surface area (Å²) < 4.78 is 47.7. The molecule has 0 spiro atoms. The summed E-state index contributed by atoms with van der Waals surface area (Å²) in [6.45, 7) is -0.159. The second kappa shape index (κ2) is 28.1. The molecule has 36 heavy (non-hydrogen) atoms. The number of aliphatic hydroxyl groups excluding tert-OH is 1. The molecule has 3 aromatic rings. The highest BCUT2D eigenvalue weighted by molar-refractivity contribution is 7.98. The first-order valence-corrected chi connectivity index (χ1v) is 11.9. The van der Waals surface area contributed by atoms with E-state index in [1.54, 1.807) is 30.2 Å². The molecule has 3 heterocycles. The second-order valence-electron chi connectivity index (χ2n) is 5.31. The Hall–Kier alpha value is -3.10. The number of aldehydes is 4. The van der Waals surface area contributed by atoms with Gasteiger partial charge in [-0.25, -0.2) is 4.39 Å². The lowest BCUT2D eigenvalue weighted by atomic mass is 10.4. The number of furan rings is 3. The molecule has 0 atom stereocenters. The van der Waals surface area contributed by atoms with Crippen LogP contribution in [0.3, 0.4) is 0 Å². The zero-order valence-corrected chi connectivity index (χ0v) is 21.2. The third-order valence-electron chi connectivity index (χ3n) is 3.03. The van der Waals surface area contributed by atoms with Gasteiger partial charge in [0, 0.05) is 0 Å². The van der Waals surface area contributed by atoms with Crippen LogP contribution in [0.4, 0.5) is 18.2 Å². The van der Waals surface area contributed by atoms with Gasteiger partial charge in [-0.3, -0.25) is 33.0 Å². The predicted molar refractivity (Wildman–Crippen MR) is 132 cm³/mol. The fourth-order valence-electron chi connectivity index (χ4n) is 1.72. The molecule has 0 aliphatic rings. The molecule has 0 aromatic carbocycles. The quantitative estimate of drug-likeness (QED) is 0.274. The van der Waals surface area contributed by atoms with Crippen LogP contribution in [0.1, 0.15) is 53.7 Å². The maximum atomic E-state index is 10.7. The lowest BCUT2D eigenvalue weighted by molar-refractivity contribution is 0.107. The molecule has 0 aliphatic heterocycles. The highest BCUT2D eigenvalue weighted by Crippen LogP contribution is 2.11. The van der Waals surface area contributed by atoms with E-state index >= 15 is 0 Å². The molecule has 204 valence electrons. The minimum atomic E-state index is -0.264. The Bertz CT molecular complexity index is 911. The van der Waals surface area contributed by atoms with Crippen LogP contribution in [-0.4, -0.2) is 57.4 Å². The molecule has 0 saturated heterocycles. The van der Waals surface area contributed by atoms with Crippen LogP contribution in [0.15, 0.2) is 49.6 Å². The van der Waals surface area contributed by atoms with Crippen molar-refractivity contribution in [3.8, 4) is 0 Å². The Labute approximate surface area is 215 Å². The Morgan fingerprint density at radius 3 is 1.33 bits per heavy atom. The molecular formula is C22H28F4O8S2. The lowest BCUT2D eigenvalue weighted by Crippen LogP contribution is -1.74. The summed E-state index contributed by atoms with van der Waals surface area (Å²) in [6, 6.07) is 9.19. The Morgan fingerprint density at radius 1 is 0.750 bits per heavy atom. The van der Waals surface area contributed by atoms with Crippen molar-refractivity contribution >= 4 is 48.7 Å². The summed E-state index contributed by atoms with van der Waals surface area (Å²) in [6.07, 6.45) is 6.12. The van der Waals surface area contributed by atoms with E-state index < -0.39 is 0 Å². The molecule has 0 fully saturated rings. The van der Waals surface area contributed by atoms with Crippen molar-refractivity contribution in [3.63, 3.8) is 0 Å². The van der Waals surface area contributed by atoms with E-state index in [2.05, 4.69) is 5.87 Å². The van der Waals surface area contributed by atoms with Gasteiger partial charge in [-0.15, -0.1) is 11.8 Å². The van der Waals surface area contributed by atoms with Crippen LogP contribution < -0.4 is 0 Å². The van der Waals surface area contributed by atoms with E-state index in [-0.39, 0.29) is 34.6 Å². The van der Waals surface area contributed by atoms with Gasteiger partial charge in [-0.2, -0.15) is 11.8 Å². The predicted octanol–water partition coefficient (Wildman–Crippen LogP) is 5.61. The molecule has 0 saturated carbocycles. The summed E-state index contributed by atoms with van der Waals surface area (Å²) in [5, 5.41) is 8.44. The van der Waals surface area contributed by atoms with E-state index in [4.69, 9.17) is 18.7 Å². The summed E-state index contributed by atoms with van der Waals surface area (Å²) in [5.74, 6) is 3.11. The van der Waals surface area contributed by atoms with E-state index in [1.165, 1.54) is 30.0 Å². The number of halogens is 4. The van der Waals surface area contributed by atoms with E-state index in [9.17, 15) is 28.0 Å². The Kier molecular flexibility index (Phi) is 29.3. The molecule has 1 N–H and O–H groups in total. The first-order valence-electron chi connectivity index (χ1n) is 9.49. The number of carbonyl (C=O) groups is 4. The highest BCUT2D eigenvalue weighted by Gasteiger charge is 1.98. The van der Waals surface area contributed by atoms with Gasteiger partial charge in [0.25, 0.3) is 1.45 Å². The van der Waals surface area contributed by atoms with Gasteiger partial charge in [0.1, 0.15) is 24.1 Å². The molecule has 3 aromatic heterocycles. The van der Waals surface area contributed by atoms with Crippen LogP contribution in [0, 0.1) is 0 Å². The molecule has 0 radical (unpaired) electrons. The zero-order chi connectivity index (χ0) is 28.2. The van der Waals surface area contributed by atoms with Crippen LogP contribution in [0.25, 0.3) is 0 Å². The Balaban J connectivity index is -0.000000192. The summed E-state index contributed by atoms with van der Waals surface area (Å²) in [4.78, 5) is 39.9. The van der Waals surface area contributed by atoms with E-state index in [0.29, 0.717) is 43.8 Å². The van der Waals surface area contributed by atoms with Crippen LogP contribution in [-0.2, 0) is 12.4 Å². The molecule has 0 aliphatic carbocycles. The third kappa shape index (κ3) is 19.2. The average Bonchev–Trinajstić information content (AvgIpc) is 3.72. The van der Waals surface area contributed by atoms with Gasteiger partial charge >= 0.3 is 0 Å².